The van der Waals surface area contributed by atoms with Crippen LogP contribution >= 0.6 is 0 Å². The third-order valence-electron chi connectivity index (χ3n) is 1.60. The Morgan fingerprint density at radius 1 is 1.78 bits per heavy atom. The molecule has 9 heavy (non-hydrogen) atoms. The molecule has 1 aliphatic carbocycles. The van der Waals surface area contributed by atoms with Crippen LogP contribution in [0.3, 0.4) is 0 Å². The fourth-order valence-electron chi connectivity index (χ4n) is 0.862. The van der Waals surface area contributed by atoms with Crippen molar-refractivity contribution in [2.45, 2.75) is 25.3 Å². The van der Waals surface area contributed by atoms with Gasteiger partial charge in [-0.15, -0.1) is 0 Å². The molecule has 0 bridgehead atoms. The van der Waals surface area contributed by atoms with Gasteiger partial charge in [0.25, 0.3) is 0 Å². The molecular formula is C7H12N2. The lowest BCUT2D eigenvalue weighted by Crippen LogP contribution is -2.36. The van der Waals surface area contributed by atoms with Crippen molar-refractivity contribution >= 4 is 5.71 Å². The van der Waals surface area contributed by atoms with E-state index in [1.54, 1.807) is 6.08 Å². The summed E-state index contributed by atoms with van der Waals surface area (Å²) in [5, 5.41) is 7.22. The zero-order valence-electron chi connectivity index (χ0n) is 5.65. The van der Waals surface area contributed by atoms with Crippen LogP contribution in [0, 0.1) is 5.41 Å². The second kappa shape index (κ2) is 1.95. The molecule has 2 heteroatoms. The molecule has 1 aliphatic rings. The van der Waals surface area contributed by atoms with Crippen molar-refractivity contribution in [3.8, 4) is 0 Å². The summed E-state index contributed by atoms with van der Waals surface area (Å²) < 4.78 is 0. The third kappa shape index (κ3) is 1.64. The van der Waals surface area contributed by atoms with E-state index in [-0.39, 0.29) is 5.54 Å². The van der Waals surface area contributed by atoms with Crippen LogP contribution in [-0.4, -0.2) is 11.3 Å². The maximum absolute atomic E-state index is 7.22. The molecule has 0 fully saturated rings. The molecule has 3 N–H and O–H groups in total. The Bertz CT molecular complexity index is 156. The molecule has 1 unspecified atom stereocenters. The normalized spacial score (nSPS) is 35.1. The molecule has 0 spiro atoms. The Balaban J connectivity index is 2.69. The van der Waals surface area contributed by atoms with Crippen LogP contribution in [0.5, 0.6) is 0 Å². The van der Waals surface area contributed by atoms with Crippen molar-refractivity contribution in [3.63, 3.8) is 0 Å². The van der Waals surface area contributed by atoms with Gasteiger partial charge >= 0.3 is 0 Å². The predicted molar refractivity (Wildman–Crippen MR) is 38.7 cm³/mol. The molecule has 0 aromatic carbocycles. The lowest BCUT2D eigenvalue weighted by Gasteiger charge is -2.23. The maximum atomic E-state index is 7.22. The number of hydrogen-bond acceptors (Lipinski definition) is 2. The van der Waals surface area contributed by atoms with Crippen LogP contribution in [0.1, 0.15) is 19.8 Å². The first kappa shape index (κ1) is 6.49. The largest absolute Gasteiger partial charge is 0.322 e. The summed E-state index contributed by atoms with van der Waals surface area (Å²) >= 11 is 0. The highest BCUT2D eigenvalue weighted by Gasteiger charge is 2.17. The zero-order valence-corrected chi connectivity index (χ0v) is 5.65. The molecule has 0 heterocycles. The summed E-state index contributed by atoms with van der Waals surface area (Å²) in [4.78, 5) is 0. The molecular weight excluding hydrogens is 112 g/mol. The smallest absolute Gasteiger partial charge is 0.0317 e. The fourth-order valence-corrected chi connectivity index (χ4v) is 0.862. The van der Waals surface area contributed by atoms with Gasteiger partial charge in [0.05, 0.1) is 0 Å². The molecule has 0 amide bonds. The first-order valence-electron chi connectivity index (χ1n) is 3.16. The molecule has 0 aromatic rings. The predicted octanol–water partition coefficient (Wildman–Crippen LogP) is 1.07. The minimum absolute atomic E-state index is 0.162. The Morgan fingerprint density at radius 2 is 2.44 bits per heavy atom. The van der Waals surface area contributed by atoms with Crippen molar-refractivity contribution in [2.24, 2.45) is 5.73 Å². The van der Waals surface area contributed by atoms with E-state index in [1.165, 1.54) is 0 Å². The van der Waals surface area contributed by atoms with E-state index in [4.69, 9.17) is 11.1 Å². The van der Waals surface area contributed by atoms with Crippen molar-refractivity contribution in [3.05, 3.63) is 12.2 Å². The van der Waals surface area contributed by atoms with Crippen molar-refractivity contribution in [2.75, 3.05) is 0 Å². The monoisotopic (exact) mass is 124 g/mol. The van der Waals surface area contributed by atoms with Gasteiger partial charge in [-0.25, -0.2) is 0 Å². The lowest BCUT2D eigenvalue weighted by molar-refractivity contribution is 0.539. The van der Waals surface area contributed by atoms with E-state index >= 15 is 0 Å². The van der Waals surface area contributed by atoms with Gasteiger partial charge < -0.3 is 11.1 Å². The molecule has 50 valence electrons. The summed E-state index contributed by atoms with van der Waals surface area (Å²) in [7, 11) is 0. The van der Waals surface area contributed by atoms with Gasteiger partial charge in [0.15, 0.2) is 0 Å². The summed E-state index contributed by atoms with van der Waals surface area (Å²) in [5.74, 6) is 0. The van der Waals surface area contributed by atoms with Gasteiger partial charge in [-0.05, 0) is 25.8 Å². The molecule has 2 nitrogen and oxygen atoms in total. The van der Waals surface area contributed by atoms with Gasteiger partial charge in [0.1, 0.15) is 0 Å². The number of hydrogen-bond donors (Lipinski definition) is 2. The van der Waals surface area contributed by atoms with Crippen LogP contribution < -0.4 is 5.73 Å². The van der Waals surface area contributed by atoms with Crippen LogP contribution in [-0.2, 0) is 0 Å². The zero-order chi connectivity index (χ0) is 6.91. The van der Waals surface area contributed by atoms with Gasteiger partial charge in [-0.1, -0.05) is 6.08 Å². The molecule has 0 aromatic heterocycles. The molecule has 1 atom stereocenters. The Morgan fingerprint density at radius 3 is 2.78 bits per heavy atom. The second-order valence-corrected chi connectivity index (χ2v) is 2.86. The third-order valence-corrected chi connectivity index (χ3v) is 1.60. The topological polar surface area (TPSA) is 49.9 Å². The van der Waals surface area contributed by atoms with Gasteiger partial charge in [0, 0.05) is 11.3 Å². The molecule has 0 saturated heterocycles. The quantitative estimate of drug-likeness (QED) is 0.498. The number of allylic oxidation sites excluding steroid dienone is 1. The molecule has 0 radical (unpaired) electrons. The highest BCUT2D eigenvalue weighted by atomic mass is 14.7. The summed E-state index contributed by atoms with van der Waals surface area (Å²) in [6.45, 7) is 1.98. The van der Waals surface area contributed by atoms with Crippen molar-refractivity contribution < 1.29 is 0 Å². The Hall–Kier alpha value is -0.630. The van der Waals surface area contributed by atoms with Gasteiger partial charge in [-0.3, -0.25) is 0 Å². The fraction of sp³-hybridized carbons (Fsp3) is 0.571. The van der Waals surface area contributed by atoms with Crippen molar-refractivity contribution in [1.82, 2.24) is 0 Å². The molecule has 0 aliphatic heterocycles. The van der Waals surface area contributed by atoms with Gasteiger partial charge in [0.2, 0.25) is 0 Å². The number of nitrogens with one attached hydrogen (secondary N) is 1. The average Bonchev–Trinajstić information content (AvgIpc) is 1.78. The number of rotatable bonds is 0. The SMILES string of the molecule is CC1(N)C=CC(=N)CC1. The van der Waals surface area contributed by atoms with Gasteiger partial charge in [-0.2, -0.15) is 0 Å². The minimum Gasteiger partial charge on any atom is -0.322 e. The summed E-state index contributed by atoms with van der Waals surface area (Å²) in [6, 6.07) is 0. The van der Waals surface area contributed by atoms with E-state index in [1.807, 2.05) is 13.0 Å². The maximum Gasteiger partial charge on any atom is 0.0317 e. The molecule has 1 rings (SSSR count). The van der Waals surface area contributed by atoms with E-state index in [2.05, 4.69) is 0 Å². The van der Waals surface area contributed by atoms with Crippen molar-refractivity contribution in [1.29, 1.82) is 5.41 Å². The van der Waals surface area contributed by atoms with E-state index in [9.17, 15) is 0 Å². The Labute approximate surface area is 55.3 Å². The highest BCUT2D eigenvalue weighted by molar-refractivity contribution is 5.93. The first-order valence-corrected chi connectivity index (χ1v) is 3.16. The second-order valence-electron chi connectivity index (χ2n) is 2.86. The first-order chi connectivity index (χ1) is 4.10. The number of nitrogens with two attached hydrogens (primary N) is 1. The lowest BCUT2D eigenvalue weighted by atomic mass is 9.90. The van der Waals surface area contributed by atoms with Crippen LogP contribution in [0.2, 0.25) is 0 Å². The van der Waals surface area contributed by atoms with E-state index in [0.29, 0.717) is 5.71 Å². The summed E-state index contributed by atoms with van der Waals surface area (Å²) in [6.07, 6.45) is 5.42. The van der Waals surface area contributed by atoms with Crippen LogP contribution in [0.4, 0.5) is 0 Å². The van der Waals surface area contributed by atoms with E-state index < -0.39 is 0 Å². The Kier molecular flexibility index (Phi) is 1.41. The van der Waals surface area contributed by atoms with Crippen LogP contribution in [0.15, 0.2) is 12.2 Å². The molecule has 0 saturated carbocycles. The van der Waals surface area contributed by atoms with E-state index in [0.717, 1.165) is 12.8 Å². The standard InChI is InChI=1S/C7H12N2/c1-7(9)4-2-6(8)3-5-7/h2,4,8H,3,5,9H2,1H3. The summed E-state index contributed by atoms with van der Waals surface area (Å²) in [5.41, 5.74) is 6.29. The average molecular weight is 124 g/mol. The van der Waals surface area contributed by atoms with Crippen LogP contribution in [0.25, 0.3) is 0 Å². The highest BCUT2D eigenvalue weighted by Crippen LogP contribution is 2.15. The minimum atomic E-state index is -0.162.